The lowest BCUT2D eigenvalue weighted by atomic mass is 9.92. The molecule has 3 aromatic rings. The minimum Gasteiger partial charge on any atom is -0.340 e. The number of nitrogens with one attached hydrogen (secondary N) is 2. The van der Waals surface area contributed by atoms with E-state index in [0.717, 1.165) is 64.1 Å². The molecule has 1 amide bonds. The first-order valence-corrected chi connectivity index (χ1v) is 13.5. The number of ketones is 1. The summed E-state index contributed by atoms with van der Waals surface area (Å²) in [5.41, 5.74) is 3.18. The fraction of sp³-hybridized carbons (Fsp3) is 0.370. The van der Waals surface area contributed by atoms with E-state index in [9.17, 15) is 9.59 Å². The fourth-order valence-corrected chi connectivity index (χ4v) is 6.14. The molecule has 2 heterocycles. The summed E-state index contributed by atoms with van der Waals surface area (Å²) < 4.78 is 0.828. The van der Waals surface area contributed by atoms with Crippen LogP contribution in [0.1, 0.15) is 69.4 Å². The van der Waals surface area contributed by atoms with Gasteiger partial charge in [-0.15, -0.1) is 11.3 Å². The lowest BCUT2D eigenvalue weighted by Gasteiger charge is -2.31. The zero-order valence-electron chi connectivity index (χ0n) is 19.1. The van der Waals surface area contributed by atoms with Crippen molar-refractivity contribution >= 4 is 39.0 Å². The van der Waals surface area contributed by atoms with E-state index in [1.165, 1.54) is 0 Å². The molecule has 2 aromatic carbocycles. The van der Waals surface area contributed by atoms with Gasteiger partial charge in [0.1, 0.15) is 11.7 Å². The quantitative estimate of drug-likeness (QED) is 0.369. The second kappa shape index (κ2) is 10.1. The molecule has 0 radical (unpaired) electrons. The number of hydrogen-bond acceptors (Lipinski definition) is 5. The van der Waals surface area contributed by atoms with Crippen LogP contribution in [0.25, 0.3) is 10.4 Å². The summed E-state index contributed by atoms with van der Waals surface area (Å²) in [7, 11) is 0. The fourth-order valence-electron chi connectivity index (χ4n) is 4.50. The maximum absolute atomic E-state index is 14.1. The number of hydrogen-bond donors (Lipinski definition) is 2. The van der Waals surface area contributed by atoms with Gasteiger partial charge in [-0.1, -0.05) is 58.2 Å². The molecule has 5 rings (SSSR count). The van der Waals surface area contributed by atoms with Gasteiger partial charge >= 0.3 is 0 Å². The van der Waals surface area contributed by atoms with Crippen molar-refractivity contribution in [2.24, 2.45) is 0 Å². The second-order valence-electron chi connectivity index (χ2n) is 9.26. The molecular formula is C27H28BrN3O2S. The van der Waals surface area contributed by atoms with Crippen molar-refractivity contribution in [2.75, 3.05) is 6.54 Å². The first-order chi connectivity index (χ1) is 16.5. The number of amides is 1. The molecule has 2 aliphatic rings. The number of thiazole rings is 1. The van der Waals surface area contributed by atoms with Crippen LogP contribution >= 0.6 is 27.3 Å². The van der Waals surface area contributed by atoms with Crippen molar-refractivity contribution in [1.82, 2.24) is 15.6 Å². The van der Waals surface area contributed by atoms with Gasteiger partial charge in [0.15, 0.2) is 0 Å². The molecule has 7 heteroatoms. The molecule has 1 aliphatic heterocycles. The molecule has 1 aliphatic carbocycles. The summed E-state index contributed by atoms with van der Waals surface area (Å²) >= 11 is 5.06. The van der Waals surface area contributed by atoms with E-state index in [4.69, 9.17) is 4.98 Å². The summed E-state index contributed by atoms with van der Waals surface area (Å²) in [6.07, 6.45) is 5.20. The molecule has 1 saturated heterocycles. The standard InChI is InChI=1S/C27H28BrN3O2S/c1-16-6-4-7-18(14-16)25-23(31-27(34-25)17-11-12-17)24(32)22(21-10-2-3-13-29-21)30-26(33)19-8-5-9-20(28)15-19/h4-9,14-15,17,21-22,29H,2-3,10-13H2,1H3,(H,30,33)/t21?,22-/m0/s1. The summed E-state index contributed by atoms with van der Waals surface area (Å²) in [5.74, 6) is 0.0989. The van der Waals surface area contributed by atoms with E-state index in [1.807, 2.05) is 24.3 Å². The topological polar surface area (TPSA) is 71.1 Å². The highest BCUT2D eigenvalue weighted by Crippen LogP contribution is 2.45. The van der Waals surface area contributed by atoms with Crippen LogP contribution in [0.4, 0.5) is 0 Å². The number of rotatable bonds is 7. The van der Waals surface area contributed by atoms with Crippen LogP contribution < -0.4 is 10.6 Å². The number of carbonyl (C=O) groups excluding carboxylic acids is 2. The summed E-state index contributed by atoms with van der Waals surface area (Å²) in [6, 6.07) is 14.7. The average molecular weight is 539 g/mol. The van der Waals surface area contributed by atoms with Crippen LogP contribution in [0, 0.1) is 6.92 Å². The van der Waals surface area contributed by atoms with Crippen LogP contribution in [-0.4, -0.2) is 35.3 Å². The maximum Gasteiger partial charge on any atom is 0.251 e. The molecule has 1 saturated carbocycles. The van der Waals surface area contributed by atoms with Crippen molar-refractivity contribution in [3.05, 3.63) is 74.8 Å². The summed E-state index contributed by atoms with van der Waals surface area (Å²) in [4.78, 5) is 33.1. The van der Waals surface area contributed by atoms with Gasteiger partial charge in [-0.3, -0.25) is 9.59 Å². The van der Waals surface area contributed by atoms with E-state index >= 15 is 0 Å². The number of piperidine rings is 1. The zero-order chi connectivity index (χ0) is 23.7. The van der Waals surface area contributed by atoms with Gasteiger partial charge in [-0.05, 0) is 62.9 Å². The molecule has 176 valence electrons. The average Bonchev–Trinajstić information content (AvgIpc) is 3.60. The third-order valence-electron chi connectivity index (χ3n) is 6.49. The molecule has 0 bridgehead atoms. The van der Waals surface area contributed by atoms with Crippen LogP contribution in [0.5, 0.6) is 0 Å². The molecule has 2 N–H and O–H groups in total. The van der Waals surface area contributed by atoms with Crippen LogP contribution in [0.15, 0.2) is 53.0 Å². The van der Waals surface area contributed by atoms with Gasteiger partial charge in [0.2, 0.25) is 5.78 Å². The van der Waals surface area contributed by atoms with Gasteiger partial charge in [0, 0.05) is 22.0 Å². The van der Waals surface area contributed by atoms with E-state index in [1.54, 1.807) is 23.5 Å². The number of nitrogens with zero attached hydrogens (tertiary/aromatic N) is 1. The Kier molecular flexibility index (Phi) is 6.95. The first kappa shape index (κ1) is 23.4. The monoisotopic (exact) mass is 537 g/mol. The molecule has 2 atom stereocenters. The summed E-state index contributed by atoms with van der Waals surface area (Å²) in [6.45, 7) is 2.90. The van der Waals surface area contributed by atoms with Crippen LogP contribution in [0.3, 0.4) is 0 Å². The highest BCUT2D eigenvalue weighted by atomic mass is 79.9. The third kappa shape index (κ3) is 5.16. The predicted octanol–water partition coefficient (Wildman–Crippen LogP) is 5.88. The Labute approximate surface area is 212 Å². The van der Waals surface area contributed by atoms with Crippen molar-refractivity contribution in [3.8, 4) is 10.4 Å². The smallest absolute Gasteiger partial charge is 0.251 e. The van der Waals surface area contributed by atoms with Crippen LogP contribution in [0.2, 0.25) is 0 Å². The second-order valence-corrected chi connectivity index (χ2v) is 11.2. The van der Waals surface area contributed by atoms with Crippen molar-refractivity contribution in [1.29, 1.82) is 0 Å². The van der Waals surface area contributed by atoms with E-state index in [2.05, 4.69) is 45.6 Å². The van der Waals surface area contributed by atoms with Crippen molar-refractivity contribution < 1.29 is 9.59 Å². The molecule has 5 nitrogen and oxygen atoms in total. The Hall–Kier alpha value is -2.35. The highest BCUT2D eigenvalue weighted by molar-refractivity contribution is 9.10. The minimum absolute atomic E-state index is 0.109. The number of aromatic nitrogens is 1. The molecule has 2 fully saturated rings. The van der Waals surface area contributed by atoms with Crippen molar-refractivity contribution in [2.45, 2.75) is 57.0 Å². The number of benzene rings is 2. The first-order valence-electron chi connectivity index (χ1n) is 11.9. The van der Waals surface area contributed by atoms with E-state index in [0.29, 0.717) is 17.2 Å². The van der Waals surface area contributed by atoms with Crippen molar-refractivity contribution in [3.63, 3.8) is 0 Å². The normalized spacial score (nSPS) is 18.9. The SMILES string of the molecule is Cc1cccc(-c2sc(C3CC3)nc2C(=O)[C@@H](NC(=O)c2cccc(Br)c2)C2CCCCN2)c1. The van der Waals surface area contributed by atoms with E-state index in [-0.39, 0.29) is 17.7 Å². The Morgan fingerprint density at radius 2 is 1.94 bits per heavy atom. The Morgan fingerprint density at radius 3 is 2.65 bits per heavy atom. The van der Waals surface area contributed by atoms with Gasteiger partial charge in [-0.2, -0.15) is 0 Å². The van der Waals surface area contributed by atoms with Gasteiger partial charge in [0.05, 0.1) is 9.88 Å². The van der Waals surface area contributed by atoms with E-state index < -0.39 is 6.04 Å². The van der Waals surface area contributed by atoms with Gasteiger partial charge < -0.3 is 10.6 Å². The lowest BCUT2D eigenvalue weighted by Crippen LogP contribution is -2.55. The molecule has 0 spiro atoms. The molecular weight excluding hydrogens is 510 g/mol. The molecule has 1 unspecified atom stereocenters. The number of carbonyl (C=O) groups is 2. The Morgan fingerprint density at radius 1 is 1.12 bits per heavy atom. The largest absolute Gasteiger partial charge is 0.340 e. The summed E-state index contributed by atoms with van der Waals surface area (Å²) in [5, 5.41) is 7.58. The third-order valence-corrected chi connectivity index (χ3v) is 8.25. The number of Topliss-reactive ketones (excluding diaryl/α,β-unsaturated/α-hetero) is 1. The number of aryl methyl sites for hydroxylation is 1. The molecule has 1 aromatic heterocycles. The van der Waals surface area contributed by atoms with Crippen LogP contribution in [-0.2, 0) is 0 Å². The number of halogens is 1. The maximum atomic E-state index is 14.1. The molecule has 34 heavy (non-hydrogen) atoms. The highest BCUT2D eigenvalue weighted by Gasteiger charge is 2.36. The lowest BCUT2D eigenvalue weighted by molar-refractivity contribution is 0.0823. The van der Waals surface area contributed by atoms with Gasteiger partial charge in [0.25, 0.3) is 5.91 Å². The predicted molar refractivity (Wildman–Crippen MR) is 140 cm³/mol. The Balaban J connectivity index is 1.51. The zero-order valence-corrected chi connectivity index (χ0v) is 21.5. The minimum atomic E-state index is -0.676. The Bertz CT molecular complexity index is 1210. The van der Waals surface area contributed by atoms with Gasteiger partial charge in [-0.25, -0.2) is 4.98 Å².